The fourth-order valence-electron chi connectivity index (χ4n) is 3.67. The maximum atomic E-state index is 12.3. The summed E-state index contributed by atoms with van der Waals surface area (Å²) in [5.41, 5.74) is 9.90. The summed E-state index contributed by atoms with van der Waals surface area (Å²) in [5, 5.41) is 8.52. The Hall–Kier alpha value is -3.12. The summed E-state index contributed by atoms with van der Waals surface area (Å²) in [6, 6.07) is 15.1. The second-order valence-electron chi connectivity index (χ2n) is 8.51. The highest BCUT2D eigenvalue weighted by molar-refractivity contribution is 6.30. The molecule has 1 aromatic heterocycles. The number of benzene rings is 2. The standard InChI is InChI=1S/C23H24ClN5O/c1-13-18(20(25)30)19(14-7-11-17(24)12-8-14)29-22(26-13)27-21(28-29)15-5-9-16(10-6-15)23(2,3)4/h5-12,19H,1-4H3,(H2,25,30)(H,26,27,28). The predicted octanol–water partition coefficient (Wildman–Crippen LogP) is 4.67. The molecule has 4 rings (SSSR count). The van der Waals surface area contributed by atoms with E-state index in [-0.39, 0.29) is 5.41 Å². The molecule has 1 atom stereocenters. The quantitative estimate of drug-likeness (QED) is 0.643. The molecular formula is C23H24ClN5O. The van der Waals surface area contributed by atoms with Gasteiger partial charge in [-0.05, 0) is 35.6 Å². The molecule has 1 amide bonds. The number of nitrogens with two attached hydrogens (primary N) is 1. The van der Waals surface area contributed by atoms with E-state index in [1.54, 1.807) is 16.8 Å². The lowest BCUT2D eigenvalue weighted by atomic mass is 9.87. The third kappa shape index (κ3) is 3.59. The van der Waals surface area contributed by atoms with E-state index in [9.17, 15) is 4.79 Å². The Bertz CT molecular complexity index is 1140. The van der Waals surface area contributed by atoms with Crippen molar-refractivity contribution < 1.29 is 4.79 Å². The third-order valence-electron chi connectivity index (χ3n) is 5.31. The molecule has 1 aliphatic rings. The van der Waals surface area contributed by atoms with Gasteiger partial charge < -0.3 is 11.1 Å². The van der Waals surface area contributed by atoms with E-state index in [1.165, 1.54) is 5.56 Å². The zero-order valence-electron chi connectivity index (χ0n) is 17.4. The number of anilines is 1. The lowest BCUT2D eigenvalue weighted by molar-refractivity contribution is -0.115. The number of hydrogen-bond acceptors (Lipinski definition) is 4. The number of carbonyl (C=O) groups excluding carboxylic acids is 1. The summed E-state index contributed by atoms with van der Waals surface area (Å²) in [6.45, 7) is 8.35. The molecule has 0 radical (unpaired) electrons. The second-order valence-corrected chi connectivity index (χ2v) is 8.95. The van der Waals surface area contributed by atoms with Crippen LogP contribution in [0.15, 0.2) is 59.8 Å². The average Bonchev–Trinajstić information content (AvgIpc) is 3.10. The van der Waals surface area contributed by atoms with Gasteiger partial charge in [0.15, 0.2) is 5.82 Å². The van der Waals surface area contributed by atoms with Gasteiger partial charge >= 0.3 is 0 Å². The highest BCUT2D eigenvalue weighted by Gasteiger charge is 2.33. The third-order valence-corrected chi connectivity index (χ3v) is 5.56. The number of primary amides is 1. The molecule has 0 saturated carbocycles. The van der Waals surface area contributed by atoms with E-state index >= 15 is 0 Å². The molecule has 0 aliphatic carbocycles. The Morgan fingerprint density at radius 3 is 2.30 bits per heavy atom. The number of hydrogen-bond donors (Lipinski definition) is 2. The Morgan fingerprint density at radius 2 is 1.73 bits per heavy atom. The summed E-state index contributed by atoms with van der Waals surface area (Å²) in [4.78, 5) is 16.9. The molecule has 0 bridgehead atoms. The van der Waals surface area contributed by atoms with Crippen molar-refractivity contribution in [3.05, 3.63) is 76.0 Å². The number of fused-ring (bicyclic) bond motifs is 1. The van der Waals surface area contributed by atoms with Gasteiger partial charge in [-0.15, -0.1) is 5.10 Å². The van der Waals surface area contributed by atoms with Crippen molar-refractivity contribution in [2.24, 2.45) is 5.73 Å². The Kier molecular flexibility index (Phi) is 4.90. The van der Waals surface area contributed by atoms with E-state index in [4.69, 9.17) is 22.4 Å². The molecule has 7 heteroatoms. The van der Waals surface area contributed by atoms with Gasteiger partial charge in [0.25, 0.3) is 0 Å². The van der Waals surface area contributed by atoms with Gasteiger partial charge in [0.05, 0.1) is 5.57 Å². The molecule has 3 N–H and O–H groups in total. The first kappa shape index (κ1) is 20.2. The normalized spacial score (nSPS) is 16.2. The number of aromatic nitrogens is 3. The van der Waals surface area contributed by atoms with E-state index in [0.717, 1.165) is 11.1 Å². The van der Waals surface area contributed by atoms with Crippen LogP contribution in [0.25, 0.3) is 11.4 Å². The fourth-order valence-corrected chi connectivity index (χ4v) is 3.79. The zero-order valence-corrected chi connectivity index (χ0v) is 18.2. The number of nitrogens with zero attached hydrogens (tertiary/aromatic N) is 3. The minimum absolute atomic E-state index is 0.0675. The Labute approximate surface area is 180 Å². The molecular weight excluding hydrogens is 398 g/mol. The zero-order chi connectivity index (χ0) is 21.6. The van der Waals surface area contributed by atoms with Gasteiger partial charge in [-0.1, -0.05) is 68.8 Å². The highest BCUT2D eigenvalue weighted by atomic mass is 35.5. The van der Waals surface area contributed by atoms with Crippen LogP contribution in [0.5, 0.6) is 0 Å². The molecule has 3 aromatic rings. The van der Waals surface area contributed by atoms with Gasteiger partial charge in [0, 0.05) is 16.3 Å². The van der Waals surface area contributed by atoms with Gasteiger partial charge in [0.1, 0.15) is 6.04 Å². The SMILES string of the molecule is CC1=C(C(N)=O)C(c2ccc(Cl)cc2)n2nc(-c3ccc(C(C)(C)C)cc3)nc2N1. The van der Waals surface area contributed by atoms with Crippen molar-refractivity contribution in [2.45, 2.75) is 39.2 Å². The first-order valence-corrected chi connectivity index (χ1v) is 10.1. The highest BCUT2D eigenvalue weighted by Crippen LogP contribution is 2.36. The predicted molar refractivity (Wildman–Crippen MR) is 119 cm³/mol. The molecule has 1 aliphatic heterocycles. The molecule has 30 heavy (non-hydrogen) atoms. The van der Waals surface area contributed by atoms with E-state index in [0.29, 0.717) is 28.1 Å². The smallest absolute Gasteiger partial charge is 0.248 e. The lowest BCUT2D eigenvalue weighted by Gasteiger charge is -2.27. The van der Waals surface area contributed by atoms with Crippen LogP contribution in [0.1, 0.15) is 44.9 Å². The molecule has 154 valence electrons. The first-order valence-electron chi connectivity index (χ1n) is 9.75. The molecule has 2 heterocycles. The van der Waals surface area contributed by atoms with Gasteiger partial charge in [-0.25, -0.2) is 4.68 Å². The number of allylic oxidation sites excluding steroid dienone is 1. The van der Waals surface area contributed by atoms with E-state index in [1.807, 2.05) is 31.2 Å². The van der Waals surface area contributed by atoms with Crippen molar-refractivity contribution in [3.8, 4) is 11.4 Å². The molecule has 0 spiro atoms. The summed E-state index contributed by atoms with van der Waals surface area (Å²) < 4.78 is 1.71. The molecule has 1 unspecified atom stereocenters. The average molecular weight is 422 g/mol. The topological polar surface area (TPSA) is 85.8 Å². The van der Waals surface area contributed by atoms with Crippen LogP contribution in [-0.4, -0.2) is 20.7 Å². The van der Waals surface area contributed by atoms with Crippen LogP contribution in [0, 0.1) is 0 Å². The molecule has 6 nitrogen and oxygen atoms in total. The molecule has 2 aromatic carbocycles. The van der Waals surface area contributed by atoms with Crippen molar-refractivity contribution in [1.82, 2.24) is 14.8 Å². The van der Waals surface area contributed by atoms with Gasteiger partial charge in [-0.3, -0.25) is 4.79 Å². The first-order chi connectivity index (χ1) is 14.1. The van der Waals surface area contributed by atoms with Crippen LogP contribution < -0.4 is 11.1 Å². The minimum Gasteiger partial charge on any atom is -0.366 e. The maximum Gasteiger partial charge on any atom is 0.248 e. The van der Waals surface area contributed by atoms with Crippen molar-refractivity contribution >= 4 is 23.5 Å². The van der Waals surface area contributed by atoms with Gasteiger partial charge in [-0.2, -0.15) is 4.98 Å². The van der Waals surface area contributed by atoms with E-state index < -0.39 is 11.9 Å². The van der Waals surface area contributed by atoms with Crippen LogP contribution in [-0.2, 0) is 10.2 Å². The summed E-state index contributed by atoms with van der Waals surface area (Å²) in [5.74, 6) is 0.639. The van der Waals surface area contributed by atoms with Crippen LogP contribution in [0.3, 0.4) is 0 Å². The largest absolute Gasteiger partial charge is 0.366 e. The summed E-state index contributed by atoms with van der Waals surface area (Å²) in [6.07, 6.45) is 0. The fraction of sp³-hybridized carbons (Fsp3) is 0.261. The number of nitrogens with one attached hydrogen (secondary N) is 1. The van der Waals surface area contributed by atoms with Crippen molar-refractivity contribution in [3.63, 3.8) is 0 Å². The number of carbonyl (C=O) groups is 1. The van der Waals surface area contributed by atoms with Crippen molar-refractivity contribution in [2.75, 3.05) is 5.32 Å². The monoisotopic (exact) mass is 421 g/mol. The number of amides is 1. The Morgan fingerprint density at radius 1 is 1.10 bits per heavy atom. The minimum atomic E-state index is -0.503. The van der Waals surface area contributed by atoms with Gasteiger partial charge in [0.2, 0.25) is 11.9 Å². The Balaban J connectivity index is 1.80. The maximum absolute atomic E-state index is 12.3. The van der Waals surface area contributed by atoms with E-state index in [2.05, 4.69) is 43.2 Å². The van der Waals surface area contributed by atoms with Crippen molar-refractivity contribution in [1.29, 1.82) is 0 Å². The number of halogens is 1. The summed E-state index contributed by atoms with van der Waals surface area (Å²) in [7, 11) is 0. The molecule has 0 saturated heterocycles. The second kappa shape index (κ2) is 7.29. The van der Waals surface area contributed by atoms with Crippen LogP contribution in [0.2, 0.25) is 5.02 Å². The number of rotatable bonds is 3. The molecule has 0 fully saturated rings. The summed E-state index contributed by atoms with van der Waals surface area (Å²) >= 11 is 6.06. The van der Waals surface area contributed by atoms with Crippen LogP contribution in [0.4, 0.5) is 5.95 Å². The van der Waals surface area contributed by atoms with Crippen LogP contribution >= 0.6 is 11.6 Å². The lowest BCUT2D eigenvalue weighted by Crippen LogP contribution is -2.31.